The first-order chi connectivity index (χ1) is 12.5. The van der Waals surface area contributed by atoms with Gasteiger partial charge in [0.15, 0.2) is 0 Å². The van der Waals surface area contributed by atoms with Gasteiger partial charge in [-0.15, -0.1) is 5.10 Å². The lowest BCUT2D eigenvalue weighted by molar-refractivity contribution is -0.133. The van der Waals surface area contributed by atoms with Gasteiger partial charge in [-0.1, -0.05) is 38.0 Å². The summed E-state index contributed by atoms with van der Waals surface area (Å²) in [5.41, 5.74) is 0.861. The van der Waals surface area contributed by atoms with E-state index in [4.69, 9.17) is 4.42 Å². The number of hydrogen-bond acceptors (Lipinski definition) is 5. The van der Waals surface area contributed by atoms with Crippen LogP contribution < -0.4 is 4.90 Å². The van der Waals surface area contributed by atoms with E-state index >= 15 is 0 Å². The summed E-state index contributed by atoms with van der Waals surface area (Å²) in [6.07, 6.45) is 0.687. The number of carbonyl (C=O) groups excluding carboxylic acids is 1. The van der Waals surface area contributed by atoms with E-state index in [0.717, 1.165) is 5.56 Å². The van der Waals surface area contributed by atoms with Gasteiger partial charge in [0.2, 0.25) is 11.8 Å². The van der Waals surface area contributed by atoms with E-state index in [2.05, 4.69) is 10.2 Å². The molecule has 1 aliphatic rings. The Bertz CT molecular complexity index is 736. The van der Waals surface area contributed by atoms with Gasteiger partial charge in [0, 0.05) is 32.1 Å². The van der Waals surface area contributed by atoms with Gasteiger partial charge in [-0.25, -0.2) is 4.39 Å². The van der Waals surface area contributed by atoms with Crippen molar-refractivity contribution in [2.75, 3.05) is 31.1 Å². The maximum atomic E-state index is 13.1. The molecule has 0 aliphatic carbocycles. The topological polar surface area (TPSA) is 62.5 Å². The van der Waals surface area contributed by atoms with Crippen LogP contribution in [0.3, 0.4) is 0 Å². The van der Waals surface area contributed by atoms with Gasteiger partial charge in [0.1, 0.15) is 5.82 Å². The Hall–Kier alpha value is -2.44. The largest absolute Gasteiger partial charge is 0.408 e. The lowest BCUT2D eigenvalue weighted by Crippen LogP contribution is -2.50. The number of nitrogens with zero attached hydrogens (tertiary/aromatic N) is 4. The molecule has 0 radical (unpaired) electrons. The lowest BCUT2D eigenvalue weighted by atomic mass is 9.94. The van der Waals surface area contributed by atoms with Crippen LogP contribution in [0.2, 0.25) is 0 Å². The van der Waals surface area contributed by atoms with Crippen molar-refractivity contribution in [2.45, 2.75) is 39.0 Å². The van der Waals surface area contributed by atoms with E-state index in [1.165, 1.54) is 12.1 Å². The summed E-state index contributed by atoms with van der Waals surface area (Å²) >= 11 is 0. The van der Waals surface area contributed by atoms with Crippen LogP contribution in [-0.2, 0) is 4.79 Å². The third kappa shape index (κ3) is 3.86. The van der Waals surface area contributed by atoms with Gasteiger partial charge in [-0.2, -0.15) is 0 Å². The van der Waals surface area contributed by atoms with Crippen LogP contribution in [0, 0.1) is 5.82 Å². The molecule has 2 heterocycles. The van der Waals surface area contributed by atoms with Crippen LogP contribution in [0.5, 0.6) is 0 Å². The van der Waals surface area contributed by atoms with Gasteiger partial charge < -0.3 is 14.2 Å². The van der Waals surface area contributed by atoms with Crippen LogP contribution in [0.15, 0.2) is 28.7 Å². The molecule has 3 rings (SSSR count). The number of halogens is 1. The summed E-state index contributed by atoms with van der Waals surface area (Å²) in [7, 11) is 0. The standard InChI is InChI=1S/C19H25FN4O2/c1-4-16(14-5-7-15(20)8-6-14)18(25)23-9-11-24(12-10-23)19-22-21-17(26-19)13(2)3/h5-8,13,16H,4,9-12H2,1-3H3. The highest BCUT2D eigenvalue weighted by Crippen LogP contribution is 2.24. The minimum absolute atomic E-state index is 0.0900. The molecule has 1 amide bonds. The van der Waals surface area contributed by atoms with Crippen LogP contribution >= 0.6 is 0 Å². The Morgan fingerprint density at radius 2 is 1.81 bits per heavy atom. The predicted octanol–water partition coefficient (Wildman–Crippen LogP) is 3.17. The highest BCUT2D eigenvalue weighted by atomic mass is 19.1. The van der Waals surface area contributed by atoms with Gasteiger partial charge in [-0.05, 0) is 24.1 Å². The second-order valence-electron chi connectivity index (χ2n) is 6.90. The molecule has 2 aromatic rings. The highest BCUT2D eigenvalue weighted by Gasteiger charge is 2.29. The molecule has 1 atom stereocenters. The number of rotatable bonds is 5. The summed E-state index contributed by atoms with van der Waals surface area (Å²) < 4.78 is 18.8. The summed E-state index contributed by atoms with van der Waals surface area (Å²) in [5.74, 6) is 0.385. The Kier molecular flexibility index (Phi) is 5.54. The Labute approximate surface area is 153 Å². The van der Waals surface area contributed by atoms with Crippen molar-refractivity contribution in [1.29, 1.82) is 0 Å². The van der Waals surface area contributed by atoms with E-state index in [-0.39, 0.29) is 23.6 Å². The minimum atomic E-state index is -0.287. The molecule has 1 unspecified atom stereocenters. The third-order valence-corrected chi connectivity index (χ3v) is 4.76. The fourth-order valence-corrected chi connectivity index (χ4v) is 3.17. The number of hydrogen-bond donors (Lipinski definition) is 0. The van der Waals surface area contributed by atoms with Crippen molar-refractivity contribution in [3.63, 3.8) is 0 Å². The summed E-state index contributed by atoms with van der Waals surface area (Å²) in [4.78, 5) is 16.8. The van der Waals surface area contributed by atoms with Crippen LogP contribution in [0.4, 0.5) is 10.4 Å². The fraction of sp³-hybridized carbons (Fsp3) is 0.526. The molecule has 26 heavy (non-hydrogen) atoms. The number of anilines is 1. The molecule has 0 bridgehead atoms. The molecule has 7 heteroatoms. The molecule has 140 valence electrons. The van der Waals surface area contributed by atoms with E-state index in [0.29, 0.717) is 44.5 Å². The minimum Gasteiger partial charge on any atom is -0.408 e. The van der Waals surface area contributed by atoms with Crippen LogP contribution in [0.1, 0.15) is 50.5 Å². The summed E-state index contributed by atoms with van der Waals surface area (Å²) in [6.45, 7) is 8.53. The van der Waals surface area contributed by atoms with Gasteiger partial charge in [0.05, 0.1) is 5.92 Å². The second kappa shape index (κ2) is 7.85. The molecule has 0 saturated carbocycles. The van der Waals surface area contributed by atoms with Crippen molar-refractivity contribution in [1.82, 2.24) is 15.1 Å². The third-order valence-electron chi connectivity index (χ3n) is 4.76. The van der Waals surface area contributed by atoms with Crippen LogP contribution in [0.25, 0.3) is 0 Å². The van der Waals surface area contributed by atoms with Gasteiger partial charge >= 0.3 is 6.01 Å². The number of carbonyl (C=O) groups is 1. The molecule has 6 nitrogen and oxygen atoms in total. The zero-order valence-electron chi connectivity index (χ0n) is 15.5. The molecular formula is C19H25FN4O2. The molecule has 1 aromatic heterocycles. The van der Waals surface area contributed by atoms with Crippen molar-refractivity contribution in [3.8, 4) is 0 Å². The molecular weight excluding hydrogens is 335 g/mol. The van der Waals surface area contributed by atoms with E-state index in [1.807, 2.05) is 30.6 Å². The number of benzene rings is 1. The second-order valence-corrected chi connectivity index (χ2v) is 6.90. The lowest BCUT2D eigenvalue weighted by Gasteiger charge is -2.35. The Balaban J connectivity index is 1.62. The molecule has 0 N–H and O–H groups in total. The molecule has 1 aliphatic heterocycles. The zero-order valence-corrected chi connectivity index (χ0v) is 15.5. The average molecular weight is 360 g/mol. The molecule has 1 aromatic carbocycles. The van der Waals surface area contributed by atoms with Crippen molar-refractivity contribution < 1.29 is 13.6 Å². The maximum absolute atomic E-state index is 13.1. The van der Waals surface area contributed by atoms with Gasteiger partial charge in [-0.3, -0.25) is 4.79 Å². The molecule has 0 spiro atoms. The molecule has 1 fully saturated rings. The highest BCUT2D eigenvalue weighted by molar-refractivity contribution is 5.84. The number of amides is 1. The Morgan fingerprint density at radius 3 is 2.35 bits per heavy atom. The SMILES string of the molecule is CCC(C(=O)N1CCN(c2nnc(C(C)C)o2)CC1)c1ccc(F)cc1. The summed E-state index contributed by atoms with van der Waals surface area (Å²) in [6, 6.07) is 6.73. The van der Waals surface area contributed by atoms with E-state index in [1.54, 1.807) is 12.1 Å². The van der Waals surface area contributed by atoms with Crippen molar-refractivity contribution in [3.05, 3.63) is 41.5 Å². The zero-order chi connectivity index (χ0) is 18.7. The smallest absolute Gasteiger partial charge is 0.318 e. The monoisotopic (exact) mass is 360 g/mol. The van der Waals surface area contributed by atoms with Crippen molar-refractivity contribution >= 4 is 11.9 Å². The number of piperazine rings is 1. The molecule has 1 saturated heterocycles. The maximum Gasteiger partial charge on any atom is 0.318 e. The number of aromatic nitrogens is 2. The fourth-order valence-electron chi connectivity index (χ4n) is 3.17. The normalized spacial score (nSPS) is 16.2. The van der Waals surface area contributed by atoms with E-state index < -0.39 is 0 Å². The first kappa shape index (κ1) is 18.4. The first-order valence-corrected chi connectivity index (χ1v) is 9.12. The summed E-state index contributed by atoms with van der Waals surface area (Å²) in [5, 5.41) is 8.17. The van der Waals surface area contributed by atoms with E-state index in [9.17, 15) is 9.18 Å². The Morgan fingerprint density at radius 1 is 1.15 bits per heavy atom. The van der Waals surface area contributed by atoms with Gasteiger partial charge in [0.25, 0.3) is 0 Å². The van der Waals surface area contributed by atoms with Crippen LogP contribution in [-0.4, -0.2) is 47.2 Å². The quantitative estimate of drug-likeness (QED) is 0.819. The predicted molar refractivity (Wildman–Crippen MR) is 96.6 cm³/mol. The average Bonchev–Trinajstić information content (AvgIpc) is 3.14. The van der Waals surface area contributed by atoms with Crippen molar-refractivity contribution in [2.24, 2.45) is 0 Å². The first-order valence-electron chi connectivity index (χ1n) is 9.12.